The Morgan fingerprint density at radius 1 is 1.18 bits per heavy atom. The molecule has 1 aromatic carbocycles. The maximum Gasteiger partial charge on any atom is 0.209 e. The maximum atomic E-state index is 4.44. The van der Waals surface area contributed by atoms with E-state index in [1.54, 1.807) is 22.8 Å². The minimum Gasteiger partial charge on any atom is -0.261 e. The lowest BCUT2D eigenvalue weighted by Gasteiger charge is -2.04. The van der Waals surface area contributed by atoms with Crippen molar-refractivity contribution >= 4 is 11.8 Å². The Morgan fingerprint density at radius 3 is 2.64 bits per heavy atom. The van der Waals surface area contributed by atoms with E-state index in [4.69, 9.17) is 0 Å². The average Bonchev–Trinajstić information content (AvgIpc) is 3.13. The predicted octanol–water partition coefficient (Wildman–Crippen LogP) is 2.95. The van der Waals surface area contributed by atoms with Crippen LogP contribution in [-0.2, 0) is 12.8 Å². The van der Waals surface area contributed by atoms with Gasteiger partial charge in [-0.05, 0) is 24.6 Å². The fourth-order valence-corrected chi connectivity index (χ4v) is 3.06. The zero-order chi connectivity index (χ0) is 15.5. The monoisotopic (exact) mass is 314 g/mol. The second-order valence-corrected chi connectivity index (χ2v) is 6.25. The molecule has 0 fully saturated rings. The van der Waals surface area contributed by atoms with Gasteiger partial charge in [0.2, 0.25) is 5.82 Å². The summed E-state index contributed by atoms with van der Waals surface area (Å²) < 4.78 is 1.86. The Hall–Kier alpha value is -2.15. The Balaban J connectivity index is 1.84. The van der Waals surface area contributed by atoms with E-state index in [0.717, 1.165) is 16.3 Å². The van der Waals surface area contributed by atoms with Crippen LogP contribution in [0.2, 0.25) is 0 Å². The van der Waals surface area contributed by atoms with Crippen molar-refractivity contribution in [1.82, 2.24) is 30.0 Å². The highest BCUT2D eigenvalue weighted by molar-refractivity contribution is 7.98. The number of hydrogen-bond donors (Lipinski definition) is 0. The summed E-state index contributed by atoms with van der Waals surface area (Å²) in [5.41, 5.74) is 2.20. The summed E-state index contributed by atoms with van der Waals surface area (Å²) in [6.45, 7) is 4.06. The van der Waals surface area contributed by atoms with Gasteiger partial charge in [-0.15, -0.1) is 22.0 Å². The van der Waals surface area contributed by atoms with Gasteiger partial charge in [0, 0.05) is 12.8 Å². The van der Waals surface area contributed by atoms with Crippen LogP contribution in [-0.4, -0.2) is 30.0 Å². The number of thioether (sulfide) groups is 1. The van der Waals surface area contributed by atoms with E-state index >= 15 is 0 Å². The molecule has 0 aliphatic heterocycles. The van der Waals surface area contributed by atoms with Crippen LogP contribution in [0.25, 0.3) is 11.4 Å². The van der Waals surface area contributed by atoms with Crippen molar-refractivity contribution in [3.63, 3.8) is 0 Å². The molecule has 2 heterocycles. The lowest BCUT2D eigenvalue weighted by Crippen LogP contribution is -2.04. The van der Waals surface area contributed by atoms with Crippen molar-refractivity contribution in [2.45, 2.75) is 30.7 Å². The Morgan fingerprint density at radius 2 is 1.95 bits per heavy atom. The van der Waals surface area contributed by atoms with E-state index < -0.39 is 0 Å². The summed E-state index contributed by atoms with van der Waals surface area (Å²) in [6, 6.07) is 10.6. The molecule has 0 atom stereocenters. The van der Waals surface area contributed by atoms with E-state index in [0.29, 0.717) is 5.82 Å². The van der Waals surface area contributed by atoms with Gasteiger partial charge >= 0.3 is 0 Å². The molecular formula is C15H18N6S. The van der Waals surface area contributed by atoms with Crippen molar-refractivity contribution in [1.29, 1.82) is 0 Å². The summed E-state index contributed by atoms with van der Waals surface area (Å²) in [7, 11) is 1.93. The number of tetrazole rings is 1. The van der Waals surface area contributed by atoms with Gasteiger partial charge in [0.05, 0.1) is 17.8 Å². The van der Waals surface area contributed by atoms with Crippen LogP contribution in [0.3, 0.4) is 0 Å². The van der Waals surface area contributed by atoms with Crippen molar-refractivity contribution in [3.8, 4) is 11.4 Å². The number of aryl methyl sites for hydroxylation is 1. The number of nitrogens with zero attached hydrogens (tertiary/aromatic N) is 6. The molecule has 114 valence electrons. The first-order valence-electron chi connectivity index (χ1n) is 7.13. The van der Waals surface area contributed by atoms with Crippen molar-refractivity contribution in [2.75, 3.05) is 0 Å². The zero-order valence-electron chi connectivity index (χ0n) is 12.8. The molecule has 3 aromatic rings. The first-order valence-corrected chi connectivity index (χ1v) is 8.12. The summed E-state index contributed by atoms with van der Waals surface area (Å²) >= 11 is 1.73. The van der Waals surface area contributed by atoms with Crippen LogP contribution in [0.15, 0.2) is 41.6 Å². The SMILES string of the molecule is CC(C)n1nnc(-c2cnn(C)c2SCc2ccccc2)n1. The molecule has 0 N–H and O–H groups in total. The third-order valence-corrected chi connectivity index (χ3v) is 4.47. The molecule has 6 nitrogen and oxygen atoms in total. The fourth-order valence-electron chi connectivity index (χ4n) is 2.03. The Kier molecular flexibility index (Phi) is 4.24. The zero-order valence-corrected chi connectivity index (χ0v) is 13.7. The lowest BCUT2D eigenvalue weighted by molar-refractivity contribution is 0.455. The van der Waals surface area contributed by atoms with Crippen LogP contribution in [0, 0.1) is 0 Å². The molecular weight excluding hydrogens is 296 g/mol. The highest BCUT2D eigenvalue weighted by Gasteiger charge is 2.16. The third kappa shape index (κ3) is 3.04. The third-order valence-electron chi connectivity index (χ3n) is 3.23. The van der Waals surface area contributed by atoms with Crippen molar-refractivity contribution < 1.29 is 0 Å². The predicted molar refractivity (Wildman–Crippen MR) is 86.4 cm³/mol. The molecule has 0 spiro atoms. The Bertz CT molecular complexity index is 746. The van der Waals surface area contributed by atoms with E-state index in [1.165, 1.54) is 5.56 Å². The highest BCUT2D eigenvalue weighted by atomic mass is 32.2. The molecule has 0 aliphatic rings. The molecule has 0 unspecified atom stereocenters. The van der Waals surface area contributed by atoms with Crippen LogP contribution in [0.1, 0.15) is 25.5 Å². The molecule has 0 amide bonds. The normalized spacial score (nSPS) is 11.3. The number of benzene rings is 1. The van der Waals surface area contributed by atoms with Gasteiger partial charge in [0.1, 0.15) is 5.03 Å². The molecule has 0 saturated heterocycles. The topological polar surface area (TPSA) is 61.4 Å². The van der Waals surface area contributed by atoms with E-state index in [1.807, 2.05) is 31.6 Å². The van der Waals surface area contributed by atoms with Gasteiger partial charge in [-0.25, -0.2) is 0 Å². The van der Waals surface area contributed by atoms with E-state index in [-0.39, 0.29) is 6.04 Å². The van der Waals surface area contributed by atoms with Crippen LogP contribution >= 0.6 is 11.8 Å². The molecule has 0 radical (unpaired) electrons. The molecule has 0 saturated carbocycles. The molecule has 0 bridgehead atoms. The van der Waals surface area contributed by atoms with Crippen molar-refractivity contribution in [2.24, 2.45) is 7.05 Å². The summed E-state index contributed by atoms with van der Waals surface area (Å²) in [5, 5.41) is 18.1. The van der Waals surface area contributed by atoms with Crippen molar-refractivity contribution in [3.05, 3.63) is 42.1 Å². The van der Waals surface area contributed by atoms with Gasteiger partial charge in [-0.3, -0.25) is 4.68 Å². The Labute approximate surface area is 133 Å². The smallest absolute Gasteiger partial charge is 0.209 e. The van der Waals surface area contributed by atoms with Gasteiger partial charge < -0.3 is 0 Å². The molecule has 0 aliphatic carbocycles. The molecule has 7 heteroatoms. The number of aromatic nitrogens is 6. The first-order chi connectivity index (χ1) is 10.6. The largest absolute Gasteiger partial charge is 0.261 e. The molecule has 3 rings (SSSR count). The minimum absolute atomic E-state index is 0.193. The number of rotatable bonds is 5. The van der Waals surface area contributed by atoms with Crippen LogP contribution < -0.4 is 0 Å². The van der Waals surface area contributed by atoms with E-state index in [9.17, 15) is 0 Å². The van der Waals surface area contributed by atoms with Gasteiger partial charge in [-0.1, -0.05) is 30.3 Å². The average molecular weight is 314 g/mol. The van der Waals surface area contributed by atoms with E-state index in [2.05, 4.69) is 44.8 Å². The maximum absolute atomic E-state index is 4.44. The van der Waals surface area contributed by atoms with Gasteiger partial charge in [0.15, 0.2) is 0 Å². The van der Waals surface area contributed by atoms with Gasteiger partial charge in [0.25, 0.3) is 0 Å². The highest BCUT2D eigenvalue weighted by Crippen LogP contribution is 2.31. The number of hydrogen-bond acceptors (Lipinski definition) is 5. The van der Waals surface area contributed by atoms with Crippen LogP contribution in [0.4, 0.5) is 0 Å². The second-order valence-electron chi connectivity index (χ2n) is 5.29. The molecule has 22 heavy (non-hydrogen) atoms. The summed E-state index contributed by atoms with van der Waals surface area (Å²) in [5.74, 6) is 1.50. The second kappa shape index (κ2) is 6.31. The molecule has 2 aromatic heterocycles. The fraction of sp³-hybridized carbons (Fsp3) is 0.333. The quantitative estimate of drug-likeness (QED) is 0.678. The minimum atomic E-state index is 0.193. The summed E-state index contributed by atoms with van der Waals surface area (Å²) in [6.07, 6.45) is 1.80. The summed E-state index contributed by atoms with van der Waals surface area (Å²) in [4.78, 5) is 1.62. The van der Waals surface area contributed by atoms with Gasteiger partial charge in [-0.2, -0.15) is 9.90 Å². The van der Waals surface area contributed by atoms with Crippen LogP contribution in [0.5, 0.6) is 0 Å². The lowest BCUT2D eigenvalue weighted by atomic mass is 10.2. The first kappa shape index (κ1) is 14.8. The standard InChI is InChI=1S/C15H18N6S/c1-11(2)21-18-14(17-19-21)13-9-16-20(3)15(13)22-10-12-7-5-4-6-8-12/h4-9,11H,10H2,1-3H3.